The van der Waals surface area contributed by atoms with Gasteiger partial charge in [0.05, 0.1) is 18.9 Å². The molecule has 1 aromatic heterocycles. The summed E-state index contributed by atoms with van der Waals surface area (Å²) >= 11 is 0. The number of rotatable bonds is 7. The number of ether oxygens (including phenoxy) is 1. The molecular weight excluding hydrogens is 474 g/mol. The lowest BCUT2D eigenvalue weighted by Crippen LogP contribution is -2.76. The van der Waals surface area contributed by atoms with Gasteiger partial charge in [0.1, 0.15) is 5.75 Å². The molecule has 1 aromatic carbocycles. The quantitative estimate of drug-likeness (QED) is 0.540. The van der Waals surface area contributed by atoms with Crippen molar-refractivity contribution in [3.63, 3.8) is 0 Å². The second-order valence-corrected chi connectivity index (χ2v) is 12.6. The van der Waals surface area contributed by atoms with Crippen LogP contribution in [-0.4, -0.2) is 53.2 Å². The number of nitrogens with one attached hydrogen (secondary N) is 1. The van der Waals surface area contributed by atoms with Crippen molar-refractivity contribution < 1.29 is 14.6 Å². The van der Waals surface area contributed by atoms with Crippen LogP contribution in [0.3, 0.4) is 0 Å². The minimum atomic E-state index is -1.08. The van der Waals surface area contributed by atoms with E-state index in [1.165, 1.54) is 30.4 Å². The average molecular weight is 518 g/mol. The Kier molecular flexibility index (Phi) is 6.76. The molecule has 5 fully saturated rings. The van der Waals surface area contributed by atoms with E-state index < -0.39 is 11.6 Å². The number of carbonyl (C=O) groups is 1. The fraction of sp³-hybridized carbons (Fsp3) is 0.625. The van der Waals surface area contributed by atoms with E-state index in [9.17, 15) is 9.90 Å². The van der Waals surface area contributed by atoms with Gasteiger partial charge in [-0.1, -0.05) is 37.5 Å². The molecule has 1 saturated heterocycles. The number of hydrogen-bond acceptors (Lipinski definition) is 5. The Labute approximate surface area is 227 Å². The molecule has 0 spiro atoms. The van der Waals surface area contributed by atoms with Crippen molar-refractivity contribution in [2.45, 2.75) is 101 Å². The van der Waals surface area contributed by atoms with Crippen molar-refractivity contribution in [3.05, 3.63) is 59.4 Å². The molecule has 2 unspecified atom stereocenters. The molecule has 6 heteroatoms. The topological polar surface area (TPSA) is 74.7 Å². The summed E-state index contributed by atoms with van der Waals surface area (Å²) in [4.78, 5) is 21.0. The first kappa shape index (κ1) is 25.8. The monoisotopic (exact) mass is 517 g/mol. The normalized spacial score (nSPS) is 33.5. The number of carbonyl (C=O) groups excluding carboxylic acids is 1. The van der Waals surface area contributed by atoms with Crippen LogP contribution in [0.2, 0.25) is 0 Å². The number of aromatic nitrogens is 1. The molecule has 38 heavy (non-hydrogen) atoms. The molecule has 6 nitrogen and oxygen atoms in total. The van der Waals surface area contributed by atoms with Crippen molar-refractivity contribution in [2.24, 2.45) is 5.41 Å². The molecule has 204 valence electrons. The third-order valence-electron chi connectivity index (χ3n) is 10.8. The van der Waals surface area contributed by atoms with Crippen LogP contribution in [0.5, 0.6) is 5.75 Å². The van der Waals surface area contributed by atoms with Gasteiger partial charge < -0.3 is 15.2 Å². The smallest absolute Gasteiger partial charge is 0.249 e. The van der Waals surface area contributed by atoms with Gasteiger partial charge in [0.15, 0.2) is 5.54 Å². The third kappa shape index (κ3) is 4.06. The van der Waals surface area contributed by atoms with E-state index in [1.54, 1.807) is 13.3 Å². The molecule has 2 heterocycles. The standard InChI is InChI=1S/C32H43N3O3/c1-23-20-24(11-12-26(23)38-2)31-16-13-30(14-17-31,15-18-31)22-34-29(37)32(27-10-6-7-19-33-27)28(36)21-35(32)25-8-4-3-5-9-25/h6-7,10-12,19-20,25,28,36H,3-5,8-9,13-18,21-22H2,1-2H3,(H,34,37). The first-order valence-corrected chi connectivity index (χ1v) is 14.7. The molecule has 7 rings (SSSR count). The Balaban J connectivity index is 1.18. The Morgan fingerprint density at radius 3 is 2.42 bits per heavy atom. The SMILES string of the molecule is COc1ccc(C23CCC(CNC(=O)C4(c5ccccn5)C(O)CN4C4CCCCC4)(CC2)CC3)cc1C. The van der Waals surface area contributed by atoms with Crippen LogP contribution in [-0.2, 0) is 15.7 Å². The molecule has 1 aliphatic heterocycles. The molecule has 0 radical (unpaired) electrons. The lowest BCUT2D eigenvalue weighted by atomic mass is 9.52. The second-order valence-electron chi connectivity index (χ2n) is 12.6. The summed E-state index contributed by atoms with van der Waals surface area (Å²) in [6.07, 6.45) is 13.7. The predicted octanol–water partition coefficient (Wildman–Crippen LogP) is 5.01. The number of aryl methyl sites for hydroxylation is 1. The van der Waals surface area contributed by atoms with Gasteiger partial charge in [-0.2, -0.15) is 0 Å². The van der Waals surface area contributed by atoms with E-state index in [0.29, 0.717) is 24.8 Å². The fourth-order valence-electron chi connectivity index (χ4n) is 8.25. The van der Waals surface area contributed by atoms with Gasteiger partial charge in [-0.05, 0) is 98.4 Å². The Morgan fingerprint density at radius 2 is 1.82 bits per heavy atom. The van der Waals surface area contributed by atoms with E-state index >= 15 is 0 Å². The number of amides is 1. The maximum atomic E-state index is 14.1. The van der Waals surface area contributed by atoms with Crippen molar-refractivity contribution in [1.29, 1.82) is 0 Å². The number of benzene rings is 1. The van der Waals surface area contributed by atoms with Crippen molar-refractivity contribution >= 4 is 5.91 Å². The fourth-order valence-corrected chi connectivity index (χ4v) is 8.25. The van der Waals surface area contributed by atoms with E-state index in [1.807, 2.05) is 18.2 Å². The summed E-state index contributed by atoms with van der Waals surface area (Å²) in [7, 11) is 1.74. The number of fused-ring (bicyclic) bond motifs is 3. The van der Waals surface area contributed by atoms with Gasteiger partial charge >= 0.3 is 0 Å². The highest BCUT2D eigenvalue weighted by atomic mass is 16.5. The molecular formula is C32H43N3O3. The highest BCUT2D eigenvalue weighted by Crippen LogP contribution is 2.58. The van der Waals surface area contributed by atoms with Crippen LogP contribution in [0.4, 0.5) is 0 Å². The summed E-state index contributed by atoms with van der Waals surface area (Å²) < 4.78 is 5.50. The van der Waals surface area contributed by atoms with Gasteiger partial charge in [0.25, 0.3) is 0 Å². The maximum Gasteiger partial charge on any atom is 0.249 e. The number of pyridine rings is 1. The van der Waals surface area contributed by atoms with Crippen LogP contribution in [0, 0.1) is 12.3 Å². The highest BCUT2D eigenvalue weighted by molar-refractivity contribution is 5.89. The van der Waals surface area contributed by atoms with Gasteiger partial charge in [-0.15, -0.1) is 0 Å². The molecule has 2 bridgehead atoms. The molecule has 2 N–H and O–H groups in total. The lowest BCUT2D eigenvalue weighted by Gasteiger charge is -2.58. The number of β-amino-alcohol motifs (C(OH)–C–C–N with tert-alkyl or cyclic N) is 1. The Hall–Kier alpha value is -2.44. The van der Waals surface area contributed by atoms with Crippen LogP contribution in [0.1, 0.15) is 87.4 Å². The molecule has 2 aromatic rings. The molecule has 4 aliphatic carbocycles. The number of likely N-dealkylation sites (tertiary alicyclic amines) is 1. The van der Waals surface area contributed by atoms with Crippen LogP contribution < -0.4 is 10.1 Å². The zero-order valence-electron chi connectivity index (χ0n) is 23.0. The van der Waals surface area contributed by atoms with Gasteiger partial charge in [-0.25, -0.2) is 0 Å². The number of hydrogen-bond donors (Lipinski definition) is 2. The molecule has 2 atom stereocenters. The number of methoxy groups -OCH3 is 1. The van der Waals surface area contributed by atoms with Crippen LogP contribution in [0.15, 0.2) is 42.6 Å². The summed E-state index contributed by atoms with van der Waals surface area (Å²) in [6.45, 7) is 3.36. The minimum absolute atomic E-state index is 0.0666. The van der Waals surface area contributed by atoms with Crippen LogP contribution >= 0.6 is 0 Å². The van der Waals surface area contributed by atoms with E-state index in [0.717, 1.165) is 57.1 Å². The molecule has 4 saturated carbocycles. The first-order chi connectivity index (χ1) is 18.4. The third-order valence-corrected chi connectivity index (χ3v) is 10.8. The number of aliphatic hydroxyl groups is 1. The summed E-state index contributed by atoms with van der Waals surface area (Å²) in [6, 6.07) is 12.8. The van der Waals surface area contributed by atoms with Gasteiger partial charge in [0, 0.05) is 25.3 Å². The Bertz CT molecular complexity index is 1140. The average Bonchev–Trinajstić information content (AvgIpc) is 2.97. The zero-order valence-corrected chi connectivity index (χ0v) is 23.0. The second kappa shape index (κ2) is 9.95. The highest BCUT2D eigenvalue weighted by Gasteiger charge is 2.62. The van der Waals surface area contributed by atoms with Crippen molar-refractivity contribution in [3.8, 4) is 5.75 Å². The summed E-state index contributed by atoms with van der Waals surface area (Å²) in [5, 5.41) is 14.6. The van der Waals surface area contributed by atoms with Gasteiger partial charge in [-0.3, -0.25) is 14.7 Å². The van der Waals surface area contributed by atoms with E-state index in [4.69, 9.17) is 4.74 Å². The van der Waals surface area contributed by atoms with Crippen molar-refractivity contribution in [2.75, 3.05) is 20.2 Å². The lowest BCUT2D eigenvalue weighted by molar-refractivity contribution is -0.187. The Morgan fingerprint density at radius 1 is 1.08 bits per heavy atom. The maximum absolute atomic E-state index is 14.1. The summed E-state index contributed by atoms with van der Waals surface area (Å²) in [5.41, 5.74) is 2.65. The first-order valence-electron chi connectivity index (χ1n) is 14.7. The predicted molar refractivity (Wildman–Crippen MR) is 148 cm³/mol. The zero-order chi connectivity index (χ0) is 26.4. The summed E-state index contributed by atoms with van der Waals surface area (Å²) in [5.74, 6) is 0.888. The number of aliphatic hydroxyl groups excluding tert-OH is 1. The van der Waals surface area contributed by atoms with Crippen LogP contribution in [0.25, 0.3) is 0 Å². The van der Waals surface area contributed by atoms with Crippen molar-refractivity contribution in [1.82, 2.24) is 15.2 Å². The molecule has 5 aliphatic rings. The minimum Gasteiger partial charge on any atom is -0.496 e. The largest absolute Gasteiger partial charge is 0.496 e. The van der Waals surface area contributed by atoms with E-state index in [2.05, 4.69) is 40.3 Å². The van der Waals surface area contributed by atoms with Gasteiger partial charge in [0.2, 0.25) is 5.91 Å². The molecule has 1 amide bonds. The number of nitrogens with zero attached hydrogens (tertiary/aromatic N) is 2. The van der Waals surface area contributed by atoms with E-state index in [-0.39, 0.29) is 16.7 Å².